The largest absolute Gasteiger partial charge is 0.346 e. The van der Waals surface area contributed by atoms with Crippen molar-refractivity contribution in [1.82, 2.24) is 19.8 Å². The molecule has 1 aromatic rings. The first-order valence-electron chi connectivity index (χ1n) is 8.39. The first-order chi connectivity index (χ1) is 11.5. The predicted molar refractivity (Wildman–Crippen MR) is 94.7 cm³/mol. The van der Waals surface area contributed by atoms with Gasteiger partial charge in [0.15, 0.2) is 0 Å². The Morgan fingerprint density at radius 2 is 1.75 bits per heavy atom. The van der Waals surface area contributed by atoms with E-state index in [0.29, 0.717) is 6.04 Å². The molecule has 3 rings (SSSR count). The van der Waals surface area contributed by atoms with Gasteiger partial charge in [0.2, 0.25) is 0 Å². The molecule has 132 valence electrons. The van der Waals surface area contributed by atoms with Crippen LogP contribution in [0.25, 0.3) is 0 Å². The Kier molecular flexibility index (Phi) is 5.15. The van der Waals surface area contributed by atoms with E-state index >= 15 is 0 Å². The van der Waals surface area contributed by atoms with Gasteiger partial charge in [0.05, 0.1) is 0 Å². The lowest BCUT2D eigenvalue weighted by molar-refractivity contribution is 0.0877. The molecule has 2 atom stereocenters. The highest BCUT2D eigenvalue weighted by Gasteiger charge is 2.34. The van der Waals surface area contributed by atoms with E-state index in [2.05, 4.69) is 10.6 Å². The molecular formula is C16H24N4O3S. The van der Waals surface area contributed by atoms with Gasteiger partial charge >= 0.3 is 5.69 Å². The molecule has 2 aliphatic rings. The average Bonchev–Trinajstić information content (AvgIpc) is 2.58. The number of aromatic nitrogens is 2. The first kappa shape index (κ1) is 17.3. The predicted octanol–water partition coefficient (Wildman–Crippen LogP) is -0.170. The number of carbonyl (C=O) groups excluding carboxylic acids is 1. The minimum Gasteiger partial charge on any atom is -0.346 e. The number of nitrogens with zero attached hydrogens (tertiary/aromatic N) is 2. The Labute approximate surface area is 144 Å². The van der Waals surface area contributed by atoms with E-state index in [1.807, 2.05) is 11.8 Å². The van der Waals surface area contributed by atoms with E-state index in [1.54, 1.807) is 0 Å². The molecule has 1 amide bonds. The number of rotatable bonds is 4. The van der Waals surface area contributed by atoms with Crippen molar-refractivity contribution in [2.75, 3.05) is 11.5 Å². The Hall–Kier alpha value is -1.54. The molecule has 2 N–H and O–H groups in total. The van der Waals surface area contributed by atoms with E-state index < -0.39 is 11.2 Å². The van der Waals surface area contributed by atoms with Crippen molar-refractivity contribution in [3.63, 3.8) is 0 Å². The highest BCUT2D eigenvalue weighted by Crippen LogP contribution is 2.24. The van der Waals surface area contributed by atoms with Gasteiger partial charge in [-0.05, 0) is 37.2 Å². The molecule has 0 aromatic carbocycles. The molecule has 0 bridgehead atoms. The van der Waals surface area contributed by atoms with Crippen molar-refractivity contribution in [2.24, 2.45) is 14.1 Å². The zero-order valence-electron chi connectivity index (χ0n) is 14.1. The van der Waals surface area contributed by atoms with E-state index in [9.17, 15) is 14.4 Å². The third kappa shape index (κ3) is 3.44. The summed E-state index contributed by atoms with van der Waals surface area (Å²) in [5.41, 5.74) is -0.843. The van der Waals surface area contributed by atoms with Gasteiger partial charge in [-0.15, -0.1) is 0 Å². The average molecular weight is 352 g/mol. The summed E-state index contributed by atoms with van der Waals surface area (Å²) in [7, 11) is 2.91. The maximum absolute atomic E-state index is 12.5. The summed E-state index contributed by atoms with van der Waals surface area (Å²) in [6.07, 6.45) is 4.31. The summed E-state index contributed by atoms with van der Waals surface area (Å²) in [4.78, 5) is 36.2. The molecule has 1 aliphatic carbocycles. The fourth-order valence-corrected chi connectivity index (χ4v) is 4.34. The number of amides is 1. The molecule has 1 aliphatic heterocycles. The molecular weight excluding hydrogens is 328 g/mol. The summed E-state index contributed by atoms with van der Waals surface area (Å²) in [5.74, 6) is 2.02. The molecule has 0 unspecified atom stereocenters. The second kappa shape index (κ2) is 7.14. The standard InChI is InChI=1S/C16H24N4O3S/c1-19-13(9-14(21)20(2)16(19)23)15(22)18-12-4-3-11(12)17-10-5-7-24-8-6-10/h9-12,17H,3-8H2,1-2H3,(H,18,22)/t11-,12+/m1/s1. The Morgan fingerprint density at radius 1 is 1.08 bits per heavy atom. The Balaban J connectivity index is 1.65. The Morgan fingerprint density at radius 3 is 2.38 bits per heavy atom. The van der Waals surface area contributed by atoms with Gasteiger partial charge in [0, 0.05) is 38.3 Å². The molecule has 1 saturated heterocycles. The SMILES string of the molecule is Cn1c(C(=O)N[C@H]2CC[C@H]2NC2CCSCC2)cc(=O)n(C)c1=O. The molecule has 8 heteroatoms. The van der Waals surface area contributed by atoms with Crippen LogP contribution in [0, 0.1) is 0 Å². The quantitative estimate of drug-likeness (QED) is 0.786. The summed E-state index contributed by atoms with van der Waals surface area (Å²) in [6.45, 7) is 0. The molecule has 7 nitrogen and oxygen atoms in total. The number of nitrogens with one attached hydrogen (secondary N) is 2. The van der Waals surface area contributed by atoms with Gasteiger partial charge in [0.1, 0.15) is 5.69 Å². The summed E-state index contributed by atoms with van der Waals surface area (Å²) in [5, 5.41) is 6.62. The van der Waals surface area contributed by atoms with Crippen LogP contribution in [-0.2, 0) is 14.1 Å². The second-order valence-corrected chi connectivity index (χ2v) is 7.81. The molecule has 2 fully saturated rings. The lowest BCUT2D eigenvalue weighted by Crippen LogP contribution is -2.59. The number of thioether (sulfide) groups is 1. The van der Waals surface area contributed by atoms with Crippen molar-refractivity contribution in [3.05, 3.63) is 32.6 Å². The number of hydrogen-bond donors (Lipinski definition) is 2. The van der Waals surface area contributed by atoms with Gasteiger partial charge in [0.25, 0.3) is 11.5 Å². The smallest absolute Gasteiger partial charge is 0.331 e. The van der Waals surface area contributed by atoms with E-state index in [-0.39, 0.29) is 23.7 Å². The lowest BCUT2D eigenvalue weighted by Gasteiger charge is -2.41. The summed E-state index contributed by atoms with van der Waals surface area (Å²) < 4.78 is 2.21. The molecule has 1 aromatic heterocycles. The number of carbonyl (C=O) groups is 1. The maximum Gasteiger partial charge on any atom is 0.331 e. The summed E-state index contributed by atoms with van der Waals surface area (Å²) >= 11 is 1.99. The van der Waals surface area contributed by atoms with E-state index in [4.69, 9.17) is 0 Å². The third-order valence-corrected chi connectivity index (χ3v) is 6.07. The van der Waals surface area contributed by atoms with Crippen molar-refractivity contribution in [3.8, 4) is 0 Å². The maximum atomic E-state index is 12.5. The fourth-order valence-electron chi connectivity index (χ4n) is 3.23. The molecule has 2 heterocycles. The van der Waals surface area contributed by atoms with E-state index in [1.165, 1.54) is 49.1 Å². The molecule has 24 heavy (non-hydrogen) atoms. The summed E-state index contributed by atoms with van der Waals surface area (Å²) in [6, 6.07) is 2.09. The van der Waals surface area contributed by atoms with Crippen LogP contribution >= 0.6 is 11.8 Å². The zero-order chi connectivity index (χ0) is 17.3. The van der Waals surface area contributed by atoms with Gasteiger partial charge in [-0.3, -0.25) is 18.7 Å². The van der Waals surface area contributed by atoms with Crippen molar-refractivity contribution >= 4 is 17.7 Å². The van der Waals surface area contributed by atoms with Crippen LogP contribution in [0.15, 0.2) is 15.7 Å². The van der Waals surface area contributed by atoms with Crippen molar-refractivity contribution in [2.45, 2.75) is 43.8 Å². The van der Waals surface area contributed by atoms with Crippen LogP contribution < -0.4 is 21.9 Å². The normalized spacial score (nSPS) is 24.4. The van der Waals surface area contributed by atoms with Crippen LogP contribution in [0.4, 0.5) is 0 Å². The lowest BCUT2D eigenvalue weighted by atomic mass is 9.85. The topological polar surface area (TPSA) is 85.1 Å². The van der Waals surface area contributed by atoms with E-state index in [0.717, 1.165) is 17.4 Å². The van der Waals surface area contributed by atoms with Crippen molar-refractivity contribution in [1.29, 1.82) is 0 Å². The molecule has 0 spiro atoms. The van der Waals surface area contributed by atoms with Crippen LogP contribution in [-0.4, -0.2) is 44.7 Å². The van der Waals surface area contributed by atoms with Crippen LogP contribution in [0.1, 0.15) is 36.2 Å². The zero-order valence-corrected chi connectivity index (χ0v) is 14.9. The highest BCUT2D eigenvalue weighted by atomic mass is 32.2. The second-order valence-electron chi connectivity index (χ2n) is 6.59. The molecule has 0 radical (unpaired) electrons. The van der Waals surface area contributed by atoms with Crippen molar-refractivity contribution < 1.29 is 4.79 Å². The van der Waals surface area contributed by atoms with Gasteiger partial charge in [-0.1, -0.05) is 0 Å². The minimum atomic E-state index is -0.490. The van der Waals surface area contributed by atoms with Crippen LogP contribution in [0.2, 0.25) is 0 Å². The minimum absolute atomic E-state index is 0.0613. The third-order valence-electron chi connectivity index (χ3n) is 5.02. The molecule has 1 saturated carbocycles. The monoisotopic (exact) mass is 352 g/mol. The van der Waals surface area contributed by atoms with Crippen LogP contribution in [0.5, 0.6) is 0 Å². The van der Waals surface area contributed by atoms with Gasteiger partial charge in [-0.2, -0.15) is 11.8 Å². The van der Waals surface area contributed by atoms with Crippen LogP contribution in [0.3, 0.4) is 0 Å². The first-order valence-corrected chi connectivity index (χ1v) is 9.54. The number of hydrogen-bond acceptors (Lipinski definition) is 5. The Bertz CT molecular complexity index is 736. The fraction of sp³-hybridized carbons (Fsp3) is 0.688. The highest BCUT2D eigenvalue weighted by molar-refractivity contribution is 7.99. The van der Waals surface area contributed by atoms with Gasteiger partial charge in [-0.25, -0.2) is 4.79 Å². The van der Waals surface area contributed by atoms with Gasteiger partial charge < -0.3 is 10.6 Å².